The molecule has 4 rings (SSSR count). The average Bonchev–Trinajstić information content (AvgIpc) is 3.13. The van der Waals surface area contributed by atoms with Crippen molar-refractivity contribution in [2.45, 2.75) is 50.7 Å². The Bertz CT molecular complexity index is 1460. The second kappa shape index (κ2) is 20.4. The van der Waals surface area contributed by atoms with Gasteiger partial charge in [0.1, 0.15) is 18.7 Å². The van der Waals surface area contributed by atoms with Crippen molar-refractivity contribution in [1.29, 1.82) is 0 Å². The van der Waals surface area contributed by atoms with E-state index in [4.69, 9.17) is 29.2 Å². The van der Waals surface area contributed by atoms with Crippen molar-refractivity contribution in [3.05, 3.63) is 119 Å². The van der Waals surface area contributed by atoms with Gasteiger partial charge >= 0.3 is 5.97 Å². The number of unbranched alkanes of at least 4 members (excludes halogenated alkanes) is 2. The smallest absolute Gasteiger partial charge is 0.335 e. The Hall–Kier alpha value is -3.99. The maximum absolute atomic E-state index is 15.2. The molecule has 8 nitrogen and oxygen atoms in total. The van der Waals surface area contributed by atoms with E-state index in [9.17, 15) is 9.59 Å². The highest BCUT2D eigenvalue weighted by molar-refractivity contribution is 5.87. The van der Waals surface area contributed by atoms with Crippen LogP contribution in [0.2, 0.25) is 0 Å². The Morgan fingerprint density at radius 2 is 1.62 bits per heavy atom. The number of hydrogen-bond donors (Lipinski definition) is 2. The van der Waals surface area contributed by atoms with Crippen molar-refractivity contribution >= 4 is 12.3 Å². The summed E-state index contributed by atoms with van der Waals surface area (Å²) in [5.41, 5.74) is 5.61. The summed E-state index contributed by atoms with van der Waals surface area (Å²) in [6.07, 6.45) is 4.65. The minimum atomic E-state index is -0.630. The summed E-state index contributed by atoms with van der Waals surface area (Å²) in [6.45, 7) is 9.46. The molecular formula is C39H47FO8. The van der Waals surface area contributed by atoms with Crippen LogP contribution in [0.5, 0.6) is 0 Å². The SMILES string of the molecule is C=C(C=O)CO.C=C(CO)C(=O)OCC(COC)c1ccc(C2OCC(c3ccc(-c4ccc(CCCCC)cc4)c(F)c3)CO2)cc1. The largest absolute Gasteiger partial charge is 0.462 e. The Morgan fingerprint density at radius 1 is 0.958 bits per heavy atom. The van der Waals surface area contributed by atoms with Crippen LogP contribution >= 0.6 is 0 Å². The van der Waals surface area contributed by atoms with Crippen molar-refractivity contribution in [1.82, 2.24) is 0 Å². The van der Waals surface area contributed by atoms with Gasteiger partial charge in [-0.1, -0.05) is 93.6 Å². The molecular weight excluding hydrogens is 615 g/mol. The molecule has 0 saturated carbocycles. The Balaban J connectivity index is 0.000000952. The fraction of sp³-hybridized carbons (Fsp3) is 0.385. The summed E-state index contributed by atoms with van der Waals surface area (Å²) < 4.78 is 37.8. The van der Waals surface area contributed by atoms with E-state index in [1.165, 1.54) is 24.8 Å². The molecule has 3 aromatic carbocycles. The molecule has 1 saturated heterocycles. The average molecular weight is 663 g/mol. The fourth-order valence-corrected chi connectivity index (χ4v) is 5.08. The number of benzene rings is 3. The lowest BCUT2D eigenvalue weighted by Gasteiger charge is -2.30. The minimum Gasteiger partial charge on any atom is -0.462 e. The molecule has 1 unspecified atom stereocenters. The molecule has 1 heterocycles. The standard InChI is InChI=1S/C35H41FO6.C4H6O2/c1-4-5-6-7-25-8-10-27(11-9-25)32-17-16-29(18-33(32)36)31-22-41-35(42-23-31)28-14-12-26(13-15-28)30(20-39-3)21-40-34(38)24(2)19-37;1-4(2-5)3-6/h8-18,30-31,35,37H,2,4-7,19-23H2,1,3H3;2,6H,1,3H2. The molecule has 3 aromatic rings. The molecule has 1 aliphatic heterocycles. The summed E-state index contributed by atoms with van der Waals surface area (Å²) in [6, 6.07) is 21.3. The van der Waals surface area contributed by atoms with Crippen LogP contribution in [0.15, 0.2) is 91.0 Å². The van der Waals surface area contributed by atoms with E-state index in [-0.39, 0.29) is 42.0 Å². The predicted octanol–water partition coefficient (Wildman–Crippen LogP) is 6.61. The molecule has 1 aliphatic rings. The highest BCUT2D eigenvalue weighted by Gasteiger charge is 2.26. The number of aliphatic hydroxyl groups is 2. The number of halogens is 1. The van der Waals surface area contributed by atoms with Crippen molar-refractivity contribution < 1.29 is 43.1 Å². The van der Waals surface area contributed by atoms with Crippen LogP contribution in [0.25, 0.3) is 11.1 Å². The second-order valence-corrected chi connectivity index (χ2v) is 11.7. The fourth-order valence-electron chi connectivity index (χ4n) is 5.08. The van der Waals surface area contributed by atoms with E-state index >= 15 is 4.39 Å². The van der Waals surface area contributed by atoms with Gasteiger partial charge in [-0.25, -0.2) is 9.18 Å². The lowest BCUT2D eigenvalue weighted by molar-refractivity contribution is -0.191. The first-order valence-corrected chi connectivity index (χ1v) is 16.1. The van der Waals surface area contributed by atoms with Crippen LogP contribution in [0.4, 0.5) is 4.39 Å². The van der Waals surface area contributed by atoms with Crippen LogP contribution in [0.3, 0.4) is 0 Å². The molecule has 2 N–H and O–H groups in total. The van der Waals surface area contributed by atoms with E-state index in [0.29, 0.717) is 31.7 Å². The minimum absolute atomic E-state index is 0.00730. The number of aryl methyl sites for hydroxylation is 1. The summed E-state index contributed by atoms with van der Waals surface area (Å²) in [4.78, 5) is 21.4. The molecule has 9 heteroatoms. The number of hydrogen-bond acceptors (Lipinski definition) is 8. The molecule has 0 amide bonds. The molecule has 0 bridgehead atoms. The second-order valence-electron chi connectivity index (χ2n) is 11.7. The number of carbonyl (C=O) groups excluding carboxylic acids is 2. The topological polar surface area (TPSA) is 112 Å². The monoisotopic (exact) mass is 662 g/mol. The number of rotatable bonds is 16. The predicted molar refractivity (Wildman–Crippen MR) is 183 cm³/mol. The molecule has 1 fully saturated rings. The zero-order valence-corrected chi connectivity index (χ0v) is 27.9. The van der Waals surface area contributed by atoms with Gasteiger partial charge in [0.2, 0.25) is 0 Å². The Labute approximate surface area is 282 Å². The summed E-state index contributed by atoms with van der Waals surface area (Å²) in [5.74, 6) is -1.13. The van der Waals surface area contributed by atoms with Gasteiger partial charge < -0.3 is 29.2 Å². The third kappa shape index (κ3) is 11.6. The third-order valence-corrected chi connectivity index (χ3v) is 8.01. The first-order valence-electron chi connectivity index (χ1n) is 16.1. The van der Waals surface area contributed by atoms with Crippen molar-refractivity contribution in [3.8, 4) is 11.1 Å². The Morgan fingerprint density at radius 3 is 2.17 bits per heavy atom. The normalized spacial score (nSPS) is 16.3. The van der Waals surface area contributed by atoms with Gasteiger partial charge in [0, 0.05) is 35.6 Å². The maximum Gasteiger partial charge on any atom is 0.335 e. The molecule has 1 atom stereocenters. The van der Waals surface area contributed by atoms with Crippen molar-refractivity contribution in [2.75, 3.05) is 46.8 Å². The number of methoxy groups -OCH3 is 1. The van der Waals surface area contributed by atoms with Gasteiger partial charge in [-0.05, 0) is 41.2 Å². The van der Waals surface area contributed by atoms with Gasteiger partial charge in [0.15, 0.2) is 6.29 Å². The molecule has 48 heavy (non-hydrogen) atoms. The third-order valence-electron chi connectivity index (χ3n) is 8.01. The molecule has 0 aromatic heterocycles. The van der Waals surface area contributed by atoms with Crippen LogP contribution < -0.4 is 0 Å². The lowest BCUT2D eigenvalue weighted by Crippen LogP contribution is -2.25. The number of aldehydes is 1. The van der Waals surface area contributed by atoms with E-state index in [2.05, 4.69) is 32.2 Å². The van der Waals surface area contributed by atoms with Crippen LogP contribution in [0, 0.1) is 5.82 Å². The van der Waals surface area contributed by atoms with E-state index in [0.717, 1.165) is 28.7 Å². The number of ether oxygens (including phenoxy) is 4. The summed E-state index contributed by atoms with van der Waals surface area (Å²) in [7, 11) is 1.59. The number of aliphatic hydroxyl groups excluding tert-OH is 2. The van der Waals surface area contributed by atoms with E-state index in [1.807, 2.05) is 48.5 Å². The number of carbonyl (C=O) groups is 2. The zero-order valence-electron chi connectivity index (χ0n) is 27.9. The molecule has 0 radical (unpaired) electrons. The molecule has 0 aliphatic carbocycles. The van der Waals surface area contributed by atoms with Gasteiger partial charge in [0.25, 0.3) is 0 Å². The molecule has 258 valence electrons. The highest BCUT2D eigenvalue weighted by Crippen LogP contribution is 2.33. The lowest BCUT2D eigenvalue weighted by atomic mass is 9.95. The van der Waals surface area contributed by atoms with Gasteiger partial charge in [0.05, 0.1) is 38.6 Å². The van der Waals surface area contributed by atoms with Gasteiger partial charge in [-0.2, -0.15) is 0 Å². The van der Waals surface area contributed by atoms with Gasteiger partial charge in [-0.3, -0.25) is 4.79 Å². The highest BCUT2D eigenvalue weighted by atomic mass is 19.1. The molecule has 0 spiro atoms. The van der Waals surface area contributed by atoms with E-state index < -0.39 is 18.9 Å². The number of esters is 1. The van der Waals surface area contributed by atoms with Crippen LogP contribution in [0.1, 0.15) is 66.6 Å². The maximum atomic E-state index is 15.2. The van der Waals surface area contributed by atoms with Crippen molar-refractivity contribution in [2.24, 2.45) is 0 Å². The van der Waals surface area contributed by atoms with Crippen LogP contribution in [-0.2, 0) is 35.0 Å². The quantitative estimate of drug-likeness (QED) is 0.0763. The zero-order chi connectivity index (χ0) is 34.9. The van der Waals surface area contributed by atoms with Crippen LogP contribution in [-0.4, -0.2) is 69.2 Å². The first-order chi connectivity index (χ1) is 23.2. The van der Waals surface area contributed by atoms with E-state index in [1.54, 1.807) is 13.2 Å². The van der Waals surface area contributed by atoms with Gasteiger partial charge in [-0.15, -0.1) is 0 Å². The van der Waals surface area contributed by atoms with Crippen molar-refractivity contribution in [3.63, 3.8) is 0 Å². The Kier molecular flexibility index (Phi) is 16.3. The summed E-state index contributed by atoms with van der Waals surface area (Å²) >= 11 is 0. The summed E-state index contributed by atoms with van der Waals surface area (Å²) in [5, 5.41) is 17.1. The first kappa shape index (κ1) is 38.5.